The first kappa shape index (κ1) is 13.7. The van der Waals surface area contributed by atoms with E-state index in [1.54, 1.807) is 0 Å². The largest absolute Gasteiger partial charge is 0.399 e. The van der Waals surface area contributed by atoms with Crippen LogP contribution in [0.1, 0.15) is 24.8 Å². The molecular weight excluding hydrogens is 274 g/mol. The minimum atomic E-state index is 0.175. The minimum Gasteiger partial charge on any atom is -0.399 e. The molecule has 2 fully saturated rings. The number of benzene rings is 1. The molecule has 3 rings (SSSR count). The Morgan fingerprint density at radius 1 is 1.47 bits per heavy atom. The molecule has 2 atom stereocenters. The molecule has 0 amide bonds. The highest BCUT2D eigenvalue weighted by Crippen LogP contribution is 2.43. The molecule has 2 nitrogen and oxygen atoms in total. The van der Waals surface area contributed by atoms with Crippen LogP contribution in [-0.2, 0) is 4.74 Å². The molecule has 1 aromatic rings. The van der Waals surface area contributed by atoms with E-state index in [9.17, 15) is 0 Å². The lowest BCUT2D eigenvalue weighted by Gasteiger charge is -2.37. The number of hydrogen-bond acceptors (Lipinski definition) is 4. The molecule has 2 saturated heterocycles. The van der Waals surface area contributed by atoms with Gasteiger partial charge in [-0.05, 0) is 49.6 Å². The molecule has 0 aromatic heterocycles. The molecule has 0 saturated carbocycles. The molecule has 104 valence electrons. The number of nitrogens with two attached hydrogens (primary N) is 1. The molecule has 1 spiro atoms. The van der Waals surface area contributed by atoms with Crippen LogP contribution in [0.4, 0.5) is 5.69 Å². The van der Waals surface area contributed by atoms with Gasteiger partial charge in [0.25, 0.3) is 0 Å². The quantitative estimate of drug-likeness (QED) is 0.843. The summed E-state index contributed by atoms with van der Waals surface area (Å²) in [5.41, 5.74) is 8.28. The third-order valence-electron chi connectivity index (χ3n) is 4.02. The van der Waals surface area contributed by atoms with Gasteiger partial charge >= 0.3 is 0 Å². The van der Waals surface area contributed by atoms with E-state index in [-0.39, 0.29) is 5.60 Å². The number of aryl methyl sites for hydroxylation is 1. The second-order valence-electron chi connectivity index (χ2n) is 5.59. The maximum Gasteiger partial charge on any atom is 0.0791 e. The Kier molecular flexibility index (Phi) is 4.01. The first-order chi connectivity index (χ1) is 9.17. The van der Waals surface area contributed by atoms with Gasteiger partial charge in [-0.15, -0.1) is 11.8 Å². The Hall–Kier alpha value is -0.320. The van der Waals surface area contributed by atoms with Crippen LogP contribution in [0.2, 0.25) is 0 Å². The predicted molar refractivity (Wildman–Crippen MR) is 85.1 cm³/mol. The number of anilines is 1. The summed E-state index contributed by atoms with van der Waals surface area (Å²) < 4.78 is 6.09. The average molecular weight is 295 g/mol. The third-order valence-corrected chi connectivity index (χ3v) is 6.67. The van der Waals surface area contributed by atoms with Gasteiger partial charge in [-0.2, -0.15) is 11.8 Å². The van der Waals surface area contributed by atoms with Crippen LogP contribution >= 0.6 is 23.5 Å². The second-order valence-corrected chi connectivity index (χ2v) is 8.04. The van der Waals surface area contributed by atoms with Crippen LogP contribution in [0.15, 0.2) is 23.1 Å². The lowest BCUT2D eigenvalue weighted by molar-refractivity contribution is -0.0562. The van der Waals surface area contributed by atoms with E-state index in [4.69, 9.17) is 10.5 Å². The molecule has 0 bridgehead atoms. The fraction of sp³-hybridized carbons (Fsp3) is 0.600. The minimum absolute atomic E-state index is 0.175. The van der Waals surface area contributed by atoms with Crippen molar-refractivity contribution in [2.45, 2.75) is 41.9 Å². The molecule has 2 N–H and O–H groups in total. The van der Waals surface area contributed by atoms with Gasteiger partial charge < -0.3 is 10.5 Å². The molecule has 1 aromatic carbocycles. The highest BCUT2D eigenvalue weighted by Gasteiger charge is 2.40. The SMILES string of the molecule is Cc1ccc(N)cc1SC1CCOC2(CCSC2)C1. The van der Waals surface area contributed by atoms with Crippen molar-refractivity contribution >= 4 is 29.2 Å². The number of rotatable bonds is 2. The van der Waals surface area contributed by atoms with Crippen molar-refractivity contribution in [1.29, 1.82) is 0 Å². The Balaban J connectivity index is 1.70. The number of ether oxygens (including phenoxy) is 1. The zero-order valence-electron chi connectivity index (χ0n) is 11.4. The highest BCUT2D eigenvalue weighted by molar-refractivity contribution is 8.00. The molecule has 2 unspecified atom stereocenters. The van der Waals surface area contributed by atoms with Crippen molar-refractivity contribution in [3.8, 4) is 0 Å². The maximum absolute atomic E-state index is 6.09. The van der Waals surface area contributed by atoms with Crippen LogP contribution in [0.3, 0.4) is 0 Å². The molecule has 19 heavy (non-hydrogen) atoms. The van der Waals surface area contributed by atoms with E-state index in [0.29, 0.717) is 5.25 Å². The summed E-state index contributed by atoms with van der Waals surface area (Å²) in [6.45, 7) is 3.09. The van der Waals surface area contributed by atoms with Gasteiger partial charge in [0, 0.05) is 28.2 Å². The monoisotopic (exact) mass is 295 g/mol. The van der Waals surface area contributed by atoms with Crippen LogP contribution in [0, 0.1) is 6.92 Å². The predicted octanol–water partition coefficient (Wildman–Crippen LogP) is 3.72. The molecule has 2 heterocycles. The topological polar surface area (TPSA) is 35.2 Å². The Labute approximate surface area is 123 Å². The fourth-order valence-corrected chi connectivity index (χ4v) is 5.67. The van der Waals surface area contributed by atoms with Crippen molar-refractivity contribution in [3.63, 3.8) is 0 Å². The highest BCUT2D eigenvalue weighted by atomic mass is 32.2. The Morgan fingerprint density at radius 2 is 2.37 bits per heavy atom. The van der Waals surface area contributed by atoms with E-state index < -0.39 is 0 Å². The summed E-state index contributed by atoms with van der Waals surface area (Å²) in [5, 5.41) is 0.674. The average Bonchev–Trinajstić information content (AvgIpc) is 2.82. The summed E-state index contributed by atoms with van der Waals surface area (Å²) >= 11 is 4.04. The lowest BCUT2D eigenvalue weighted by atomic mass is 9.93. The summed E-state index contributed by atoms with van der Waals surface area (Å²) in [5.74, 6) is 2.44. The first-order valence-corrected chi connectivity index (χ1v) is 8.95. The second kappa shape index (κ2) is 5.58. The smallest absolute Gasteiger partial charge is 0.0791 e. The van der Waals surface area contributed by atoms with Gasteiger partial charge in [0.15, 0.2) is 0 Å². The summed E-state index contributed by atoms with van der Waals surface area (Å²) in [6.07, 6.45) is 3.58. The fourth-order valence-electron chi connectivity index (χ4n) is 2.87. The van der Waals surface area contributed by atoms with Gasteiger partial charge in [0.05, 0.1) is 5.60 Å². The van der Waals surface area contributed by atoms with Crippen molar-refractivity contribution in [2.75, 3.05) is 23.8 Å². The summed E-state index contributed by atoms with van der Waals surface area (Å²) in [4.78, 5) is 1.34. The van der Waals surface area contributed by atoms with E-state index in [0.717, 1.165) is 18.7 Å². The van der Waals surface area contributed by atoms with E-state index in [1.807, 2.05) is 29.6 Å². The van der Waals surface area contributed by atoms with Crippen molar-refractivity contribution in [1.82, 2.24) is 0 Å². The van der Waals surface area contributed by atoms with E-state index >= 15 is 0 Å². The van der Waals surface area contributed by atoms with Gasteiger partial charge in [0.2, 0.25) is 0 Å². The normalized spacial score (nSPS) is 30.9. The molecule has 0 radical (unpaired) electrons. The number of thioether (sulfide) groups is 2. The lowest BCUT2D eigenvalue weighted by Crippen LogP contribution is -2.40. The number of nitrogen functional groups attached to an aromatic ring is 1. The van der Waals surface area contributed by atoms with Gasteiger partial charge in [-0.25, -0.2) is 0 Å². The standard InChI is InChI=1S/C15H21NOS2/c1-11-2-3-12(16)8-14(11)19-13-4-6-17-15(9-13)5-7-18-10-15/h2-3,8,13H,4-7,9-10,16H2,1H3. The maximum atomic E-state index is 6.09. The van der Waals surface area contributed by atoms with Gasteiger partial charge in [0.1, 0.15) is 0 Å². The third kappa shape index (κ3) is 3.06. The molecule has 2 aliphatic heterocycles. The van der Waals surface area contributed by atoms with Crippen LogP contribution < -0.4 is 5.73 Å². The van der Waals surface area contributed by atoms with Crippen molar-refractivity contribution in [3.05, 3.63) is 23.8 Å². The van der Waals surface area contributed by atoms with Crippen LogP contribution in [0.5, 0.6) is 0 Å². The molecule has 0 aliphatic carbocycles. The van der Waals surface area contributed by atoms with Crippen molar-refractivity contribution in [2.24, 2.45) is 0 Å². The Morgan fingerprint density at radius 3 is 3.16 bits per heavy atom. The zero-order valence-corrected chi connectivity index (χ0v) is 13.0. The van der Waals surface area contributed by atoms with Crippen LogP contribution in [0.25, 0.3) is 0 Å². The summed E-state index contributed by atoms with van der Waals surface area (Å²) in [6, 6.07) is 6.22. The molecular formula is C15H21NOS2. The van der Waals surface area contributed by atoms with E-state index in [2.05, 4.69) is 19.1 Å². The molecule has 4 heteroatoms. The molecule has 2 aliphatic rings. The first-order valence-electron chi connectivity index (χ1n) is 6.91. The Bertz CT molecular complexity index is 457. The zero-order chi connectivity index (χ0) is 13.3. The van der Waals surface area contributed by atoms with Crippen LogP contribution in [-0.4, -0.2) is 29.0 Å². The van der Waals surface area contributed by atoms with E-state index in [1.165, 1.54) is 34.8 Å². The van der Waals surface area contributed by atoms with Gasteiger partial charge in [-0.3, -0.25) is 0 Å². The number of hydrogen-bond donors (Lipinski definition) is 1. The summed E-state index contributed by atoms with van der Waals surface area (Å²) in [7, 11) is 0. The van der Waals surface area contributed by atoms with Gasteiger partial charge in [-0.1, -0.05) is 6.07 Å². The van der Waals surface area contributed by atoms with Crippen molar-refractivity contribution < 1.29 is 4.74 Å².